The maximum absolute atomic E-state index is 5.19. The van der Waals surface area contributed by atoms with E-state index in [0.29, 0.717) is 6.54 Å². The lowest BCUT2D eigenvalue weighted by atomic mass is 10.00. The Labute approximate surface area is 144 Å². The van der Waals surface area contributed by atoms with Gasteiger partial charge in [0, 0.05) is 25.2 Å². The molecule has 1 aliphatic rings. The molecule has 0 amide bonds. The number of hydrogen-bond acceptors (Lipinski definition) is 3. The van der Waals surface area contributed by atoms with Gasteiger partial charge in [0.05, 0.1) is 12.2 Å². The number of aromatic nitrogens is 1. The summed E-state index contributed by atoms with van der Waals surface area (Å²) in [6, 6.07) is 0. The lowest BCUT2D eigenvalue weighted by Crippen LogP contribution is -2.45. The van der Waals surface area contributed by atoms with Crippen molar-refractivity contribution >= 4 is 29.9 Å². The molecule has 1 saturated heterocycles. The molecule has 5 nitrogen and oxygen atoms in total. The maximum atomic E-state index is 5.19. The monoisotopic (exact) mass is 406 g/mol. The van der Waals surface area contributed by atoms with E-state index in [1.54, 1.807) is 0 Å². The second-order valence-corrected chi connectivity index (χ2v) is 5.64. The first-order valence-corrected chi connectivity index (χ1v) is 7.56. The fourth-order valence-electron chi connectivity index (χ4n) is 2.53. The Kier molecular flexibility index (Phi) is 7.48. The summed E-state index contributed by atoms with van der Waals surface area (Å²) in [5.74, 6) is 2.71. The third-order valence-electron chi connectivity index (χ3n) is 3.99. The van der Waals surface area contributed by atoms with Crippen molar-refractivity contribution in [2.45, 2.75) is 47.1 Å². The van der Waals surface area contributed by atoms with E-state index in [4.69, 9.17) is 9.52 Å². The fourth-order valence-corrected chi connectivity index (χ4v) is 2.53. The van der Waals surface area contributed by atoms with E-state index in [0.717, 1.165) is 48.5 Å². The Bertz CT molecular complexity index is 445. The van der Waals surface area contributed by atoms with Crippen molar-refractivity contribution in [2.24, 2.45) is 10.9 Å². The largest absolute Gasteiger partial charge is 0.361 e. The lowest BCUT2D eigenvalue weighted by Gasteiger charge is -2.33. The highest BCUT2D eigenvalue weighted by molar-refractivity contribution is 14.0. The number of nitrogens with zero attached hydrogens (tertiary/aromatic N) is 3. The molecule has 2 heterocycles. The van der Waals surface area contributed by atoms with Gasteiger partial charge in [0.15, 0.2) is 5.96 Å². The third kappa shape index (κ3) is 4.86. The highest BCUT2D eigenvalue weighted by atomic mass is 127. The molecule has 1 fully saturated rings. The number of guanidine groups is 1. The first kappa shape index (κ1) is 18.3. The summed E-state index contributed by atoms with van der Waals surface area (Å²) in [5.41, 5.74) is 2.04. The summed E-state index contributed by atoms with van der Waals surface area (Å²) in [6.45, 7) is 12.1. The van der Waals surface area contributed by atoms with Crippen LogP contribution in [0.5, 0.6) is 0 Å². The number of halogens is 1. The zero-order valence-corrected chi connectivity index (χ0v) is 15.8. The molecule has 6 heteroatoms. The molecule has 0 bridgehead atoms. The van der Waals surface area contributed by atoms with Gasteiger partial charge in [-0.05, 0) is 39.5 Å². The zero-order chi connectivity index (χ0) is 14.5. The second-order valence-electron chi connectivity index (χ2n) is 5.64. The Balaban J connectivity index is 0.00000220. The highest BCUT2D eigenvalue weighted by Gasteiger charge is 2.18. The van der Waals surface area contributed by atoms with Crippen LogP contribution in [0.2, 0.25) is 0 Å². The molecule has 0 spiro atoms. The van der Waals surface area contributed by atoms with Crippen molar-refractivity contribution in [3.05, 3.63) is 17.0 Å². The van der Waals surface area contributed by atoms with Gasteiger partial charge in [-0.15, -0.1) is 24.0 Å². The first-order chi connectivity index (χ1) is 9.61. The van der Waals surface area contributed by atoms with Crippen LogP contribution in [0.15, 0.2) is 9.52 Å². The van der Waals surface area contributed by atoms with Gasteiger partial charge in [-0.2, -0.15) is 0 Å². The highest BCUT2D eigenvalue weighted by Crippen LogP contribution is 2.17. The van der Waals surface area contributed by atoms with Crippen LogP contribution in [0.3, 0.4) is 0 Å². The van der Waals surface area contributed by atoms with Crippen LogP contribution >= 0.6 is 24.0 Å². The number of likely N-dealkylation sites (tertiary alicyclic amines) is 1. The molecule has 0 aliphatic carbocycles. The topological polar surface area (TPSA) is 53.7 Å². The SMILES string of the molecule is CCNC(=NCc1c(C)noc1C)N1CCC(C)CC1.I. The lowest BCUT2D eigenvalue weighted by molar-refractivity contribution is 0.273. The molecule has 1 N–H and O–H groups in total. The molecule has 0 unspecified atom stereocenters. The Morgan fingerprint density at radius 2 is 2.05 bits per heavy atom. The van der Waals surface area contributed by atoms with E-state index in [2.05, 4.69) is 29.2 Å². The molecule has 0 aromatic carbocycles. The smallest absolute Gasteiger partial charge is 0.194 e. The molecule has 1 aromatic heterocycles. The van der Waals surface area contributed by atoms with Gasteiger partial charge in [-0.3, -0.25) is 0 Å². The van der Waals surface area contributed by atoms with Crippen molar-refractivity contribution < 1.29 is 4.52 Å². The summed E-state index contributed by atoms with van der Waals surface area (Å²) in [5, 5.41) is 7.38. The normalized spacial score (nSPS) is 16.8. The minimum absolute atomic E-state index is 0. The minimum atomic E-state index is 0. The predicted octanol–water partition coefficient (Wildman–Crippen LogP) is 3.11. The summed E-state index contributed by atoms with van der Waals surface area (Å²) in [7, 11) is 0. The summed E-state index contributed by atoms with van der Waals surface area (Å²) in [6.07, 6.45) is 2.49. The van der Waals surface area contributed by atoms with Crippen molar-refractivity contribution in [2.75, 3.05) is 19.6 Å². The quantitative estimate of drug-likeness (QED) is 0.476. The Morgan fingerprint density at radius 1 is 1.38 bits per heavy atom. The van der Waals surface area contributed by atoms with Crippen LogP contribution < -0.4 is 5.32 Å². The molecule has 1 aromatic rings. The van der Waals surface area contributed by atoms with Crippen molar-refractivity contribution in [3.63, 3.8) is 0 Å². The van der Waals surface area contributed by atoms with Crippen LogP contribution in [0.1, 0.15) is 43.7 Å². The summed E-state index contributed by atoms with van der Waals surface area (Å²) >= 11 is 0. The molecule has 2 rings (SSSR count). The molecular formula is C15H27IN4O. The predicted molar refractivity (Wildman–Crippen MR) is 96.2 cm³/mol. The number of aryl methyl sites for hydroxylation is 2. The van der Waals surface area contributed by atoms with E-state index in [1.807, 2.05) is 13.8 Å². The van der Waals surface area contributed by atoms with E-state index in [9.17, 15) is 0 Å². The van der Waals surface area contributed by atoms with Gasteiger partial charge in [-0.25, -0.2) is 4.99 Å². The van der Waals surface area contributed by atoms with E-state index < -0.39 is 0 Å². The molecule has 0 saturated carbocycles. The van der Waals surface area contributed by atoms with Gasteiger partial charge in [0.1, 0.15) is 5.76 Å². The molecular weight excluding hydrogens is 379 g/mol. The third-order valence-corrected chi connectivity index (χ3v) is 3.99. The van der Waals surface area contributed by atoms with E-state index in [1.165, 1.54) is 12.8 Å². The van der Waals surface area contributed by atoms with Gasteiger partial charge in [0.25, 0.3) is 0 Å². The molecule has 120 valence electrons. The van der Waals surface area contributed by atoms with E-state index in [-0.39, 0.29) is 24.0 Å². The molecule has 0 atom stereocenters. The van der Waals surface area contributed by atoms with Crippen molar-refractivity contribution in [3.8, 4) is 0 Å². The average molecular weight is 406 g/mol. The number of piperidine rings is 1. The Hall–Kier alpha value is -0.790. The number of nitrogens with one attached hydrogen (secondary N) is 1. The number of rotatable bonds is 3. The molecule has 0 radical (unpaired) electrons. The van der Waals surface area contributed by atoms with Gasteiger partial charge in [0.2, 0.25) is 0 Å². The zero-order valence-electron chi connectivity index (χ0n) is 13.5. The molecule has 21 heavy (non-hydrogen) atoms. The van der Waals surface area contributed by atoms with Crippen molar-refractivity contribution in [1.82, 2.24) is 15.4 Å². The Morgan fingerprint density at radius 3 is 2.57 bits per heavy atom. The van der Waals surface area contributed by atoms with Crippen LogP contribution in [0.4, 0.5) is 0 Å². The standard InChI is InChI=1S/C15H26N4O.HI/c1-5-16-15(19-8-6-11(2)7-9-19)17-10-14-12(3)18-20-13(14)4;/h11H,5-10H2,1-4H3,(H,16,17);1H. The van der Waals surface area contributed by atoms with Gasteiger partial charge < -0.3 is 14.7 Å². The van der Waals surface area contributed by atoms with Crippen molar-refractivity contribution in [1.29, 1.82) is 0 Å². The van der Waals surface area contributed by atoms with Gasteiger partial charge >= 0.3 is 0 Å². The average Bonchev–Trinajstić information content (AvgIpc) is 2.75. The van der Waals surface area contributed by atoms with Gasteiger partial charge in [-0.1, -0.05) is 12.1 Å². The number of hydrogen-bond donors (Lipinski definition) is 1. The fraction of sp³-hybridized carbons (Fsp3) is 0.733. The van der Waals surface area contributed by atoms with Crippen LogP contribution in [-0.2, 0) is 6.54 Å². The summed E-state index contributed by atoms with van der Waals surface area (Å²) < 4.78 is 5.19. The minimum Gasteiger partial charge on any atom is -0.361 e. The summed E-state index contributed by atoms with van der Waals surface area (Å²) in [4.78, 5) is 7.12. The van der Waals surface area contributed by atoms with Crippen LogP contribution in [0.25, 0.3) is 0 Å². The van der Waals surface area contributed by atoms with E-state index >= 15 is 0 Å². The van der Waals surface area contributed by atoms with Crippen LogP contribution in [-0.4, -0.2) is 35.7 Å². The first-order valence-electron chi connectivity index (χ1n) is 7.56. The number of aliphatic imine (C=N–C) groups is 1. The maximum Gasteiger partial charge on any atom is 0.194 e. The van der Waals surface area contributed by atoms with Crippen LogP contribution in [0, 0.1) is 19.8 Å². The second kappa shape index (κ2) is 8.60. The molecule has 1 aliphatic heterocycles.